The topological polar surface area (TPSA) is 84.0 Å². The fourth-order valence-corrected chi connectivity index (χ4v) is 3.77. The van der Waals surface area contributed by atoms with Crippen molar-refractivity contribution in [3.63, 3.8) is 0 Å². The first kappa shape index (κ1) is 18.3. The van der Waals surface area contributed by atoms with Gasteiger partial charge in [0.15, 0.2) is 5.82 Å². The van der Waals surface area contributed by atoms with E-state index in [-0.39, 0.29) is 10.7 Å². The minimum absolute atomic E-state index is 0.0383. The second-order valence-electron chi connectivity index (χ2n) is 6.15. The number of anilines is 2. The van der Waals surface area contributed by atoms with E-state index in [9.17, 15) is 12.8 Å². The summed E-state index contributed by atoms with van der Waals surface area (Å²) in [5, 5.41) is 11.1. The van der Waals surface area contributed by atoms with Gasteiger partial charge in [0, 0.05) is 6.54 Å². The Morgan fingerprint density at radius 2 is 1.73 bits per heavy atom. The van der Waals surface area contributed by atoms with Crippen LogP contribution in [0.3, 0.4) is 0 Å². The molecule has 3 rings (SSSR count). The number of halogens is 1. The van der Waals surface area contributed by atoms with Crippen molar-refractivity contribution in [1.82, 2.24) is 10.2 Å². The molecule has 2 aromatic rings. The Kier molecular flexibility index (Phi) is 5.82. The summed E-state index contributed by atoms with van der Waals surface area (Å²) in [5.41, 5.74) is 1.47. The molecular weight excluding hydrogens is 355 g/mol. The number of nitrogens with zero attached hydrogens (tertiary/aromatic N) is 2. The van der Waals surface area contributed by atoms with Gasteiger partial charge in [-0.05, 0) is 68.5 Å². The highest BCUT2D eigenvalue weighted by Gasteiger charge is 2.15. The maximum Gasteiger partial charge on any atom is 0.263 e. The molecule has 1 aromatic heterocycles. The van der Waals surface area contributed by atoms with Crippen LogP contribution >= 0.6 is 0 Å². The van der Waals surface area contributed by atoms with Crippen LogP contribution in [0.25, 0.3) is 0 Å². The number of allylic oxidation sites excluding steroid dienone is 1. The molecule has 0 saturated carbocycles. The zero-order chi connectivity index (χ0) is 18.4. The van der Waals surface area contributed by atoms with Crippen LogP contribution in [0.1, 0.15) is 32.1 Å². The average Bonchev–Trinajstić information content (AvgIpc) is 2.64. The van der Waals surface area contributed by atoms with Crippen LogP contribution in [0, 0.1) is 5.82 Å². The normalized spacial score (nSPS) is 14.6. The zero-order valence-corrected chi connectivity index (χ0v) is 15.1. The van der Waals surface area contributed by atoms with E-state index in [4.69, 9.17) is 0 Å². The number of rotatable bonds is 7. The molecule has 0 radical (unpaired) electrons. The van der Waals surface area contributed by atoms with E-state index < -0.39 is 15.8 Å². The predicted octanol–water partition coefficient (Wildman–Crippen LogP) is 3.72. The van der Waals surface area contributed by atoms with Crippen molar-refractivity contribution in [2.45, 2.75) is 37.0 Å². The van der Waals surface area contributed by atoms with Crippen molar-refractivity contribution < 1.29 is 12.8 Å². The number of aromatic nitrogens is 2. The Balaban J connectivity index is 1.55. The first-order chi connectivity index (χ1) is 12.5. The predicted molar refractivity (Wildman–Crippen MR) is 98.9 cm³/mol. The van der Waals surface area contributed by atoms with Crippen molar-refractivity contribution in [3.05, 3.63) is 53.9 Å². The maximum atomic E-state index is 12.9. The molecule has 2 N–H and O–H groups in total. The Labute approximate surface area is 152 Å². The van der Waals surface area contributed by atoms with Gasteiger partial charge in [-0.2, -0.15) is 0 Å². The molecule has 0 bridgehead atoms. The maximum absolute atomic E-state index is 12.9. The average molecular weight is 376 g/mol. The monoisotopic (exact) mass is 376 g/mol. The third kappa shape index (κ3) is 5.01. The van der Waals surface area contributed by atoms with Gasteiger partial charge in [0.25, 0.3) is 10.0 Å². The van der Waals surface area contributed by atoms with Crippen molar-refractivity contribution in [2.24, 2.45) is 0 Å². The number of hydrogen-bond acceptors (Lipinski definition) is 5. The second-order valence-corrected chi connectivity index (χ2v) is 7.83. The van der Waals surface area contributed by atoms with Gasteiger partial charge in [-0.3, -0.25) is 4.72 Å². The molecule has 1 aliphatic rings. The largest absolute Gasteiger partial charge is 0.368 e. The van der Waals surface area contributed by atoms with Crippen LogP contribution < -0.4 is 10.0 Å². The summed E-state index contributed by atoms with van der Waals surface area (Å²) in [6.07, 6.45) is 8.15. The molecule has 138 valence electrons. The number of sulfonamides is 1. The van der Waals surface area contributed by atoms with Crippen LogP contribution in [0.5, 0.6) is 0 Å². The first-order valence-electron chi connectivity index (χ1n) is 8.57. The standard InChI is InChI=1S/C18H21FN4O2S/c19-15-6-8-16(9-7-15)26(24,25)23-18-11-10-17(21-22-18)20-13-12-14-4-2-1-3-5-14/h4,6-11H,1-3,5,12-13H2,(H,20,21)(H,22,23). The Morgan fingerprint density at radius 1 is 1.00 bits per heavy atom. The lowest BCUT2D eigenvalue weighted by molar-refractivity contribution is 0.599. The smallest absolute Gasteiger partial charge is 0.263 e. The lowest BCUT2D eigenvalue weighted by Gasteiger charge is -2.13. The van der Waals surface area contributed by atoms with Gasteiger partial charge in [-0.15, -0.1) is 10.2 Å². The summed E-state index contributed by atoms with van der Waals surface area (Å²) in [6.45, 7) is 0.765. The summed E-state index contributed by atoms with van der Waals surface area (Å²) in [4.78, 5) is -0.0383. The summed E-state index contributed by atoms with van der Waals surface area (Å²) in [5.74, 6) is 0.198. The Bertz CT molecular complexity index is 865. The van der Waals surface area contributed by atoms with Crippen molar-refractivity contribution in [1.29, 1.82) is 0 Å². The fourth-order valence-electron chi connectivity index (χ4n) is 2.77. The minimum Gasteiger partial charge on any atom is -0.368 e. The molecule has 1 aromatic carbocycles. The van der Waals surface area contributed by atoms with Gasteiger partial charge in [-0.25, -0.2) is 12.8 Å². The molecule has 0 unspecified atom stereocenters. The van der Waals surface area contributed by atoms with E-state index >= 15 is 0 Å². The molecule has 0 spiro atoms. The van der Waals surface area contributed by atoms with Crippen LogP contribution in [0.2, 0.25) is 0 Å². The summed E-state index contributed by atoms with van der Waals surface area (Å²) in [7, 11) is -3.82. The zero-order valence-electron chi connectivity index (χ0n) is 14.3. The molecule has 26 heavy (non-hydrogen) atoms. The van der Waals surface area contributed by atoms with Crippen LogP contribution in [-0.4, -0.2) is 25.2 Å². The van der Waals surface area contributed by atoms with Crippen molar-refractivity contribution >= 4 is 21.7 Å². The molecule has 1 aliphatic carbocycles. The van der Waals surface area contributed by atoms with Crippen LogP contribution in [0.4, 0.5) is 16.0 Å². The lowest BCUT2D eigenvalue weighted by atomic mass is 9.97. The fraction of sp³-hybridized carbons (Fsp3) is 0.333. The SMILES string of the molecule is O=S(=O)(Nc1ccc(NCCC2=CCCCC2)nn1)c1ccc(F)cc1. The summed E-state index contributed by atoms with van der Waals surface area (Å²) in [6, 6.07) is 7.78. The molecule has 0 atom stereocenters. The van der Waals surface area contributed by atoms with E-state index in [0.717, 1.165) is 37.9 Å². The van der Waals surface area contributed by atoms with E-state index in [1.54, 1.807) is 6.07 Å². The Morgan fingerprint density at radius 3 is 2.38 bits per heavy atom. The third-order valence-electron chi connectivity index (χ3n) is 4.16. The minimum atomic E-state index is -3.82. The molecular formula is C18H21FN4O2S. The van der Waals surface area contributed by atoms with Crippen molar-refractivity contribution in [2.75, 3.05) is 16.6 Å². The van der Waals surface area contributed by atoms with Crippen LogP contribution in [-0.2, 0) is 10.0 Å². The van der Waals surface area contributed by atoms with Gasteiger partial charge in [0.1, 0.15) is 11.6 Å². The summed E-state index contributed by atoms with van der Waals surface area (Å²) < 4.78 is 39.7. The molecule has 0 aliphatic heterocycles. The molecule has 1 heterocycles. The van der Waals surface area contributed by atoms with Crippen molar-refractivity contribution in [3.8, 4) is 0 Å². The van der Waals surface area contributed by atoms with E-state index in [0.29, 0.717) is 5.82 Å². The number of hydrogen-bond donors (Lipinski definition) is 2. The second kappa shape index (κ2) is 8.27. The molecule has 0 fully saturated rings. The Hall–Kier alpha value is -2.48. The van der Waals surface area contributed by atoms with Crippen LogP contribution in [0.15, 0.2) is 52.9 Å². The third-order valence-corrected chi connectivity index (χ3v) is 5.54. The highest BCUT2D eigenvalue weighted by Crippen LogP contribution is 2.20. The molecule has 6 nitrogen and oxygen atoms in total. The number of benzene rings is 1. The first-order valence-corrected chi connectivity index (χ1v) is 10.1. The van der Waals surface area contributed by atoms with Gasteiger partial charge in [-0.1, -0.05) is 11.6 Å². The van der Waals surface area contributed by atoms with E-state index in [2.05, 4.69) is 26.3 Å². The van der Waals surface area contributed by atoms with Gasteiger partial charge in [0.05, 0.1) is 4.90 Å². The highest BCUT2D eigenvalue weighted by atomic mass is 32.2. The van der Waals surface area contributed by atoms with Gasteiger partial charge in [0.2, 0.25) is 0 Å². The highest BCUT2D eigenvalue weighted by molar-refractivity contribution is 7.92. The van der Waals surface area contributed by atoms with E-state index in [1.807, 2.05) is 0 Å². The summed E-state index contributed by atoms with van der Waals surface area (Å²) >= 11 is 0. The molecule has 0 amide bonds. The van der Waals surface area contributed by atoms with Gasteiger partial charge < -0.3 is 5.32 Å². The molecule has 0 saturated heterocycles. The molecule has 8 heteroatoms. The van der Waals surface area contributed by atoms with E-state index in [1.165, 1.54) is 36.6 Å². The number of nitrogens with one attached hydrogen (secondary N) is 2. The van der Waals surface area contributed by atoms with Gasteiger partial charge >= 0.3 is 0 Å². The quantitative estimate of drug-likeness (QED) is 0.720. The lowest BCUT2D eigenvalue weighted by Crippen LogP contribution is -2.14.